The van der Waals surface area contributed by atoms with Gasteiger partial charge in [-0.1, -0.05) is 0 Å². The molecule has 3 heteroatoms. The van der Waals surface area contributed by atoms with Crippen LogP contribution < -0.4 is 4.90 Å². The quantitative estimate of drug-likeness (QED) is 0.755. The third kappa shape index (κ3) is 2.56. The number of nitrogens with zero attached hydrogens (tertiary/aromatic N) is 1. The lowest BCUT2D eigenvalue weighted by Crippen LogP contribution is -2.17. The Hall–Kier alpha value is -2.03. The van der Waals surface area contributed by atoms with Gasteiger partial charge >= 0.3 is 0 Å². The van der Waals surface area contributed by atoms with E-state index in [1.165, 1.54) is 0 Å². The van der Waals surface area contributed by atoms with Crippen molar-refractivity contribution in [1.82, 2.24) is 0 Å². The number of benzene rings is 1. The molecule has 0 saturated heterocycles. The number of aldehydes is 1. The minimum atomic E-state index is 0.706. The van der Waals surface area contributed by atoms with Crippen LogP contribution in [0.5, 0.6) is 0 Å². The normalized spacial score (nSPS) is 10.2. The largest absolute Gasteiger partial charge is 0.467 e. The van der Waals surface area contributed by atoms with Crippen LogP contribution in [0.2, 0.25) is 0 Å². The number of rotatable bonds is 4. The van der Waals surface area contributed by atoms with Gasteiger partial charge in [0.15, 0.2) is 0 Å². The van der Waals surface area contributed by atoms with Crippen LogP contribution in [0, 0.1) is 6.92 Å². The molecule has 0 N–H and O–H groups in total. The first kappa shape index (κ1) is 11.5. The highest BCUT2D eigenvalue weighted by Gasteiger charge is 2.07. The minimum absolute atomic E-state index is 0.706. The van der Waals surface area contributed by atoms with Gasteiger partial charge in [-0.25, -0.2) is 0 Å². The molecule has 0 saturated carbocycles. The molecule has 0 atom stereocenters. The van der Waals surface area contributed by atoms with Crippen LogP contribution in [0.15, 0.2) is 41.0 Å². The molecule has 0 amide bonds. The van der Waals surface area contributed by atoms with E-state index in [9.17, 15) is 4.79 Å². The zero-order valence-electron chi connectivity index (χ0n) is 10.0. The van der Waals surface area contributed by atoms with Gasteiger partial charge in [-0.3, -0.25) is 4.79 Å². The van der Waals surface area contributed by atoms with Crippen molar-refractivity contribution in [3.63, 3.8) is 0 Å². The molecule has 0 fully saturated rings. The van der Waals surface area contributed by atoms with Gasteiger partial charge in [-0.05, 0) is 42.8 Å². The van der Waals surface area contributed by atoms with Gasteiger partial charge in [0.2, 0.25) is 0 Å². The monoisotopic (exact) mass is 229 g/mol. The second-order valence-corrected chi connectivity index (χ2v) is 4.10. The summed E-state index contributed by atoms with van der Waals surface area (Å²) in [5.41, 5.74) is 2.90. The topological polar surface area (TPSA) is 33.5 Å². The highest BCUT2D eigenvalue weighted by molar-refractivity contribution is 5.76. The van der Waals surface area contributed by atoms with Crippen LogP contribution in [-0.4, -0.2) is 13.3 Å². The van der Waals surface area contributed by atoms with Gasteiger partial charge in [0, 0.05) is 18.3 Å². The maximum atomic E-state index is 10.7. The summed E-state index contributed by atoms with van der Waals surface area (Å²) in [5.74, 6) is 0.923. The average Bonchev–Trinajstić information content (AvgIpc) is 2.81. The Bertz CT molecular complexity index is 503. The van der Waals surface area contributed by atoms with E-state index < -0.39 is 0 Å². The summed E-state index contributed by atoms with van der Waals surface area (Å²) < 4.78 is 5.31. The van der Waals surface area contributed by atoms with Gasteiger partial charge < -0.3 is 9.32 Å². The summed E-state index contributed by atoms with van der Waals surface area (Å²) in [6.45, 7) is 2.72. The van der Waals surface area contributed by atoms with Gasteiger partial charge in [0.25, 0.3) is 0 Å². The first-order valence-electron chi connectivity index (χ1n) is 5.50. The van der Waals surface area contributed by atoms with Crippen LogP contribution in [0.25, 0.3) is 0 Å². The van der Waals surface area contributed by atoms with Crippen LogP contribution in [0.1, 0.15) is 21.7 Å². The van der Waals surface area contributed by atoms with E-state index in [2.05, 4.69) is 4.90 Å². The van der Waals surface area contributed by atoms with Crippen LogP contribution in [0.3, 0.4) is 0 Å². The SMILES string of the molecule is Cc1cc(C=O)ccc1N(C)Cc1ccco1. The van der Waals surface area contributed by atoms with E-state index in [1.54, 1.807) is 6.26 Å². The molecule has 17 heavy (non-hydrogen) atoms. The van der Waals surface area contributed by atoms with E-state index in [1.807, 2.05) is 44.3 Å². The fourth-order valence-corrected chi connectivity index (χ4v) is 1.90. The number of aryl methyl sites for hydroxylation is 1. The molecule has 1 heterocycles. The lowest BCUT2D eigenvalue weighted by molar-refractivity contribution is 0.112. The molecule has 0 spiro atoms. The lowest BCUT2D eigenvalue weighted by atomic mass is 10.1. The number of carbonyl (C=O) groups is 1. The van der Waals surface area contributed by atoms with Crippen molar-refractivity contribution in [3.05, 3.63) is 53.5 Å². The number of carbonyl (C=O) groups excluding carboxylic acids is 1. The Morgan fingerprint density at radius 2 is 2.18 bits per heavy atom. The van der Waals surface area contributed by atoms with Crippen molar-refractivity contribution >= 4 is 12.0 Å². The van der Waals surface area contributed by atoms with Crippen molar-refractivity contribution < 1.29 is 9.21 Å². The van der Waals surface area contributed by atoms with Crippen molar-refractivity contribution in [1.29, 1.82) is 0 Å². The molecule has 1 aromatic carbocycles. The van der Waals surface area contributed by atoms with Gasteiger partial charge in [-0.2, -0.15) is 0 Å². The summed E-state index contributed by atoms with van der Waals surface area (Å²) >= 11 is 0. The standard InChI is InChI=1S/C14H15NO2/c1-11-8-12(10-16)5-6-14(11)15(2)9-13-4-3-7-17-13/h3-8,10H,9H2,1-2H3. The van der Waals surface area contributed by atoms with E-state index in [0.29, 0.717) is 12.1 Å². The summed E-state index contributed by atoms with van der Waals surface area (Å²) in [6, 6.07) is 9.51. The Balaban J connectivity index is 2.19. The molecule has 0 aliphatic rings. The molecule has 0 aliphatic carbocycles. The smallest absolute Gasteiger partial charge is 0.150 e. The molecule has 2 aromatic rings. The zero-order valence-corrected chi connectivity index (χ0v) is 10.0. The molecular formula is C14H15NO2. The molecule has 0 bridgehead atoms. The Morgan fingerprint density at radius 1 is 1.35 bits per heavy atom. The first-order chi connectivity index (χ1) is 8.20. The van der Waals surface area contributed by atoms with Crippen LogP contribution >= 0.6 is 0 Å². The molecule has 2 rings (SSSR count). The summed E-state index contributed by atoms with van der Waals surface area (Å²) in [5, 5.41) is 0. The molecule has 0 unspecified atom stereocenters. The Labute approximate surface area is 101 Å². The lowest BCUT2D eigenvalue weighted by Gasteiger charge is -2.20. The fourth-order valence-electron chi connectivity index (χ4n) is 1.90. The molecule has 0 aliphatic heterocycles. The summed E-state index contributed by atoms with van der Waals surface area (Å²) in [6.07, 6.45) is 2.54. The van der Waals surface area contributed by atoms with Crippen LogP contribution in [-0.2, 0) is 6.54 Å². The summed E-state index contributed by atoms with van der Waals surface area (Å²) in [7, 11) is 2.01. The molecule has 88 valence electrons. The van der Waals surface area contributed by atoms with E-state index in [0.717, 1.165) is 23.3 Å². The minimum Gasteiger partial charge on any atom is -0.467 e. The third-order valence-electron chi connectivity index (χ3n) is 2.74. The van der Waals surface area contributed by atoms with Gasteiger partial charge in [0.05, 0.1) is 12.8 Å². The second kappa shape index (κ2) is 4.87. The van der Waals surface area contributed by atoms with Crippen molar-refractivity contribution in [3.8, 4) is 0 Å². The molecular weight excluding hydrogens is 214 g/mol. The Morgan fingerprint density at radius 3 is 2.76 bits per heavy atom. The number of hydrogen-bond acceptors (Lipinski definition) is 3. The maximum Gasteiger partial charge on any atom is 0.150 e. The highest BCUT2D eigenvalue weighted by Crippen LogP contribution is 2.21. The summed E-state index contributed by atoms with van der Waals surface area (Å²) in [4.78, 5) is 12.8. The number of anilines is 1. The highest BCUT2D eigenvalue weighted by atomic mass is 16.3. The van der Waals surface area contributed by atoms with Gasteiger partial charge in [-0.15, -0.1) is 0 Å². The maximum absolute atomic E-state index is 10.7. The zero-order chi connectivity index (χ0) is 12.3. The molecule has 3 nitrogen and oxygen atoms in total. The van der Waals surface area contributed by atoms with Crippen molar-refractivity contribution in [2.75, 3.05) is 11.9 Å². The number of furan rings is 1. The van der Waals surface area contributed by atoms with E-state index in [-0.39, 0.29) is 0 Å². The third-order valence-corrected chi connectivity index (χ3v) is 2.74. The van der Waals surface area contributed by atoms with E-state index in [4.69, 9.17) is 4.42 Å². The van der Waals surface area contributed by atoms with Crippen molar-refractivity contribution in [2.45, 2.75) is 13.5 Å². The second-order valence-electron chi connectivity index (χ2n) is 4.10. The predicted molar refractivity (Wildman–Crippen MR) is 67.4 cm³/mol. The number of hydrogen-bond donors (Lipinski definition) is 0. The van der Waals surface area contributed by atoms with Crippen molar-refractivity contribution in [2.24, 2.45) is 0 Å². The molecule has 0 radical (unpaired) electrons. The van der Waals surface area contributed by atoms with E-state index >= 15 is 0 Å². The first-order valence-corrected chi connectivity index (χ1v) is 5.50. The van der Waals surface area contributed by atoms with Gasteiger partial charge in [0.1, 0.15) is 12.0 Å². The van der Waals surface area contributed by atoms with Crippen LogP contribution in [0.4, 0.5) is 5.69 Å². The predicted octanol–water partition coefficient (Wildman–Crippen LogP) is 3.04. The fraction of sp³-hybridized carbons (Fsp3) is 0.214. The molecule has 1 aromatic heterocycles. The average molecular weight is 229 g/mol. The Kier molecular flexibility index (Phi) is 3.28.